The van der Waals surface area contributed by atoms with Crippen molar-refractivity contribution in [2.45, 2.75) is 25.9 Å². The summed E-state index contributed by atoms with van der Waals surface area (Å²) < 4.78 is 6.80. The van der Waals surface area contributed by atoms with Gasteiger partial charge in [-0.2, -0.15) is 0 Å². The van der Waals surface area contributed by atoms with Crippen molar-refractivity contribution in [3.8, 4) is 0 Å². The minimum absolute atomic E-state index is 0.130. The minimum atomic E-state index is -0.512. The van der Waals surface area contributed by atoms with Gasteiger partial charge in [-0.05, 0) is 26.0 Å². The fraction of sp³-hybridized carbons (Fsp3) is 0.312. The van der Waals surface area contributed by atoms with Crippen LogP contribution >= 0.6 is 0 Å². The number of benzene rings is 1. The number of nitrogens with zero attached hydrogens (tertiary/aromatic N) is 2. The molecule has 0 spiro atoms. The third-order valence-electron chi connectivity index (χ3n) is 3.41. The molecule has 0 fully saturated rings. The molecule has 23 heavy (non-hydrogen) atoms. The van der Waals surface area contributed by atoms with Gasteiger partial charge in [0.05, 0.1) is 6.33 Å². The molecule has 120 valence electrons. The van der Waals surface area contributed by atoms with E-state index in [1.165, 1.54) is 10.9 Å². The van der Waals surface area contributed by atoms with Crippen LogP contribution in [-0.2, 0) is 11.3 Å². The van der Waals surface area contributed by atoms with Gasteiger partial charge in [-0.25, -0.2) is 4.98 Å². The molecule has 1 aromatic carbocycles. The highest BCUT2D eigenvalue weighted by molar-refractivity contribution is 6.01. The lowest BCUT2D eigenvalue weighted by Gasteiger charge is -2.18. The highest BCUT2D eigenvalue weighted by Crippen LogP contribution is 2.23. The van der Waals surface area contributed by atoms with Gasteiger partial charge in [-0.3, -0.25) is 14.2 Å². The molecule has 7 nitrogen and oxygen atoms in total. The summed E-state index contributed by atoms with van der Waals surface area (Å²) in [5.74, 6) is -0.303. The maximum absolute atomic E-state index is 12.5. The molecule has 7 heteroatoms. The topological polar surface area (TPSA) is 103 Å². The molecular weight excluding hydrogens is 296 g/mol. The Morgan fingerprint density at radius 2 is 2.13 bits per heavy atom. The lowest BCUT2D eigenvalue weighted by molar-refractivity contribution is -0.121. The van der Waals surface area contributed by atoms with Crippen LogP contribution in [0.2, 0.25) is 0 Å². The van der Waals surface area contributed by atoms with Crippen LogP contribution in [0.3, 0.4) is 0 Å². The van der Waals surface area contributed by atoms with Crippen LogP contribution in [0.15, 0.2) is 39.8 Å². The highest BCUT2D eigenvalue weighted by Gasteiger charge is 2.16. The van der Waals surface area contributed by atoms with Crippen LogP contribution in [0.5, 0.6) is 0 Å². The number of hydrogen-bond donors (Lipinski definition) is 2. The minimum Gasteiger partial charge on any atom is -0.448 e. The third kappa shape index (κ3) is 3.09. The quantitative estimate of drug-likeness (QED) is 0.747. The highest BCUT2D eigenvalue weighted by atomic mass is 16.3. The van der Waals surface area contributed by atoms with E-state index in [-0.39, 0.29) is 23.6 Å². The van der Waals surface area contributed by atoms with E-state index < -0.39 is 5.54 Å². The summed E-state index contributed by atoms with van der Waals surface area (Å²) in [6.45, 7) is 3.80. The Balaban J connectivity index is 1.91. The van der Waals surface area contributed by atoms with E-state index >= 15 is 0 Å². The number of para-hydroxylation sites is 1. The number of hydrogen-bond acceptors (Lipinski definition) is 5. The first kappa shape index (κ1) is 15.2. The van der Waals surface area contributed by atoms with Crippen LogP contribution in [-0.4, -0.2) is 27.5 Å². The van der Waals surface area contributed by atoms with Crippen molar-refractivity contribution in [3.63, 3.8) is 0 Å². The van der Waals surface area contributed by atoms with Gasteiger partial charge < -0.3 is 15.5 Å². The van der Waals surface area contributed by atoms with Crippen LogP contribution in [0.25, 0.3) is 22.1 Å². The average Bonchev–Trinajstić information content (AvgIpc) is 2.87. The molecule has 0 saturated carbocycles. The number of amides is 1. The van der Waals surface area contributed by atoms with E-state index in [2.05, 4.69) is 10.3 Å². The van der Waals surface area contributed by atoms with Crippen LogP contribution in [0.4, 0.5) is 0 Å². The lowest BCUT2D eigenvalue weighted by atomic mass is 10.1. The van der Waals surface area contributed by atoms with Gasteiger partial charge >= 0.3 is 0 Å². The number of nitrogens with two attached hydrogens (primary N) is 1. The predicted molar refractivity (Wildman–Crippen MR) is 87.1 cm³/mol. The molecule has 0 aliphatic heterocycles. The third-order valence-corrected chi connectivity index (χ3v) is 3.41. The van der Waals surface area contributed by atoms with E-state index in [0.717, 1.165) is 5.39 Å². The zero-order chi connectivity index (χ0) is 16.6. The van der Waals surface area contributed by atoms with Crippen molar-refractivity contribution < 1.29 is 9.21 Å². The van der Waals surface area contributed by atoms with Gasteiger partial charge in [-0.1, -0.05) is 12.1 Å². The number of fused-ring (bicyclic) bond motifs is 3. The molecule has 2 aromatic heterocycles. The van der Waals surface area contributed by atoms with Crippen molar-refractivity contribution in [3.05, 3.63) is 40.9 Å². The zero-order valence-corrected chi connectivity index (χ0v) is 13.0. The Kier molecular flexibility index (Phi) is 3.65. The molecule has 0 unspecified atom stereocenters. The molecule has 0 atom stereocenters. The largest absolute Gasteiger partial charge is 0.448 e. The Labute approximate surface area is 132 Å². The van der Waals surface area contributed by atoms with Crippen molar-refractivity contribution in [2.24, 2.45) is 5.73 Å². The number of nitrogens with one attached hydrogen (secondary N) is 1. The molecule has 3 rings (SSSR count). The first-order valence-electron chi connectivity index (χ1n) is 7.27. The van der Waals surface area contributed by atoms with E-state index in [1.807, 2.05) is 32.0 Å². The average molecular weight is 314 g/mol. The Morgan fingerprint density at radius 3 is 2.87 bits per heavy atom. The number of carbonyl (C=O) groups is 1. The predicted octanol–water partition coefficient (Wildman–Crippen LogP) is 0.996. The SMILES string of the molecule is CC(C)(N)CNC(=O)Cn1cnc2c(oc3ccccc32)c1=O. The second kappa shape index (κ2) is 5.51. The summed E-state index contributed by atoms with van der Waals surface area (Å²) in [7, 11) is 0. The number of carbonyl (C=O) groups excluding carboxylic acids is 1. The second-order valence-electron chi connectivity index (χ2n) is 6.22. The molecular formula is C16H18N4O3. The molecule has 3 N–H and O–H groups in total. The Hall–Kier alpha value is -2.67. The van der Waals surface area contributed by atoms with Crippen molar-refractivity contribution in [1.82, 2.24) is 14.9 Å². The summed E-state index contributed by atoms with van der Waals surface area (Å²) in [6.07, 6.45) is 1.36. The number of rotatable bonds is 4. The first-order valence-corrected chi connectivity index (χ1v) is 7.27. The smallest absolute Gasteiger partial charge is 0.297 e. The van der Waals surface area contributed by atoms with Crippen LogP contribution < -0.4 is 16.6 Å². The van der Waals surface area contributed by atoms with Gasteiger partial charge in [0.25, 0.3) is 5.56 Å². The standard InChI is InChI=1S/C16H18N4O3/c1-16(2,17)8-18-12(21)7-20-9-19-13-10-5-3-4-6-11(10)23-14(13)15(20)22/h3-6,9H,7-8,17H2,1-2H3,(H,18,21). The first-order chi connectivity index (χ1) is 10.8. The monoisotopic (exact) mass is 314 g/mol. The molecule has 0 saturated heterocycles. The summed E-state index contributed by atoms with van der Waals surface area (Å²) in [6, 6.07) is 7.29. The maximum Gasteiger partial charge on any atom is 0.297 e. The van der Waals surface area contributed by atoms with Gasteiger partial charge in [0.2, 0.25) is 11.5 Å². The summed E-state index contributed by atoms with van der Waals surface area (Å²) in [5, 5.41) is 3.47. The molecule has 0 aliphatic carbocycles. The molecule has 3 aromatic rings. The number of furan rings is 1. The summed E-state index contributed by atoms with van der Waals surface area (Å²) in [4.78, 5) is 28.7. The van der Waals surface area contributed by atoms with Gasteiger partial charge in [-0.15, -0.1) is 0 Å². The Bertz CT molecular complexity index is 934. The fourth-order valence-electron chi connectivity index (χ4n) is 2.26. The summed E-state index contributed by atoms with van der Waals surface area (Å²) >= 11 is 0. The normalized spacial score (nSPS) is 12.0. The molecule has 1 amide bonds. The fourth-order valence-corrected chi connectivity index (χ4v) is 2.26. The van der Waals surface area contributed by atoms with Crippen molar-refractivity contribution in [1.29, 1.82) is 0 Å². The summed E-state index contributed by atoms with van der Waals surface area (Å²) in [5.41, 5.74) is 6.18. The van der Waals surface area contributed by atoms with E-state index in [0.29, 0.717) is 17.6 Å². The zero-order valence-electron chi connectivity index (χ0n) is 13.0. The van der Waals surface area contributed by atoms with Crippen LogP contribution in [0, 0.1) is 0 Å². The Morgan fingerprint density at radius 1 is 1.39 bits per heavy atom. The second-order valence-corrected chi connectivity index (χ2v) is 6.22. The van der Waals surface area contributed by atoms with Crippen molar-refractivity contribution >= 4 is 28.0 Å². The van der Waals surface area contributed by atoms with E-state index in [9.17, 15) is 9.59 Å². The van der Waals surface area contributed by atoms with Crippen molar-refractivity contribution in [2.75, 3.05) is 6.54 Å². The maximum atomic E-state index is 12.5. The molecule has 0 bridgehead atoms. The van der Waals surface area contributed by atoms with Crippen LogP contribution in [0.1, 0.15) is 13.8 Å². The van der Waals surface area contributed by atoms with Gasteiger partial charge in [0.15, 0.2) is 0 Å². The molecule has 0 radical (unpaired) electrons. The molecule has 0 aliphatic rings. The van der Waals surface area contributed by atoms with E-state index in [1.54, 1.807) is 6.07 Å². The lowest BCUT2D eigenvalue weighted by Crippen LogP contribution is -2.46. The van der Waals surface area contributed by atoms with Gasteiger partial charge in [0.1, 0.15) is 17.6 Å². The van der Waals surface area contributed by atoms with E-state index in [4.69, 9.17) is 10.2 Å². The molecule has 2 heterocycles. The number of aromatic nitrogens is 2. The van der Waals surface area contributed by atoms with Gasteiger partial charge in [0, 0.05) is 17.5 Å².